The average Bonchev–Trinajstić information content (AvgIpc) is 2.40. The van der Waals surface area contributed by atoms with Crippen molar-refractivity contribution in [2.75, 3.05) is 6.54 Å². The summed E-state index contributed by atoms with van der Waals surface area (Å²) in [5, 5.41) is 5.29. The van der Waals surface area contributed by atoms with E-state index in [4.69, 9.17) is 10.5 Å². The molecule has 3 amide bonds. The molecule has 1 aromatic carbocycles. The lowest BCUT2D eigenvalue weighted by Gasteiger charge is -2.20. The molecule has 7 heteroatoms. The van der Waals surface area contributed by atoms with Gasteiger partial charge in [-0.25, -0.2) is 4.79 Å². The molecule has 0 aliphatic heterocycles. The van der Waals surface area contributed by atoms with E-state index < -0.39 is 18.0 Å². The van der Waals surface area contributed by atoms with Crippen molar-refractivity contribution < 1.29 is 14.3 Å². The van der Waals surface area contributed by atoms with Crippen LogP contribution in [-0.4, -0.2) is 24.6 Å². The fraction of sp³-hybridized carbons (Fsp3) is 0.429. The topological polar surface area (TPSA) is 93.4 Å². The van der Waals surface area contributed by atoms with E-state index in [1.807, 2.05) is 31.3 Å². The van der Waals surface area contributed by atoms with Crippen molar-refractivity contribution in [1.29, 1.82) is 0 Å². The number of hydrogen-bond donors (Lipinski definition) is 3. The van der Waals surface area contributed by atoms with Crippen molar-refractivity contribution >= 4 is 27.9 Å². The van der Waals surface area contributed by atoms with Gasteiger partial charge in [-0.05, 0) is 38.6 Å². The molecule has 0 radical (unpaired) electrons. The Kier molecular flexibility index (Phi) is 6.64. The third-order valence-corrected chi connectivity index (χ3v) is 3.36. The van der Waals surface area contributed by atoms with E-state index in [0.29, 0.717) is 5.75 Å². The number of carbonyl (C=O) groups excluding carboxylic acids is 2. The van der Waals surface area contributed by atoms with Gasteiger partial charge in [0.1, 0.15) is 5.75 Å². The molecule has 0 spiro atoms. The number of carbonyl (C=O) groups is 2. The number of primary amides is 1. The van der Waals surface area contributed by atoms with Crippen molar-refractivity contribution in [2.45, 2.75) is 32.9 Å². The second-order valence-electron chi connectivity index (χ2n) is 4.58. The Morgan fingerprint density at radius 2 is 2.05 bits per heavy atom. The van der Waals surface area contributed by atoms with Crippen LogP contribution in [0.5, 0.6) is 5.75 Å². The van der Waals surface area contributed by atoms with Crippen LogP contribution in [0.3, 0.4) is 0 Å². The number of nitrogens with one attached hydrogen (secondary N) is 2. The number of amides is 3. The molecule has 1 aromatic rings. The van der Waals surface area contributed by atoms with Crippen LogP contribution in [0.4, 0.5) is 4.79 Å². The Balaban J connectivity index is 2.91. The van der Waals surface area contributed by atoms with Gasteiger partial charge in [0.15, 0.2) is 6.10 Å². The first kappa shape index (κ1) is 17.5. The van der Waals surface area contributed by atoms with Gasteiger partial charge < -0.3 is 15.8 Å². The van der Waals surface area contributed by atoms with Crippen LogP contribution in [0, 0.1) is 0 Å². The Morgan fingerprint density at radius 3 is 2.62 bits per heavy atom. The molecule has 2 unspecified atom stereocenters. The summed E-state index contributed by atoms with van der Waals surface area (Å²) >= 11 is 3.42. The fourth-order valence-corrected chi connectivity index (χ4v) is 2.23. The molecule has 0 aromatic heterocycles. The summed E-state index contributed by atoms with van der Waals surface area (Å²) in [7, 11) is 0. The number of rotatable bonds is 6. The van der Waals surface area contributed by atoms with Gasteiger partial charge in [-0.15, -0.1) is 0 Å². The minimum Gasteiger partial charge on any atom is -0.481 e. The summed E-state index contributed by atoms with van der Waals surface area (Å²) < 4.78 is 6.57. The van der Waals surface area contributed by atoms with Gasteiger partial charge >= 0.3 is 6.03 Å². The summed E-state index contributed by atoms with van der Waals surface area (Å²) in [5.41, 5.74) is 5.84. The highest BCUT2D eigenvalue weighted by Gasteiger charge is 2.19. The molecule has 6 nitrogen and oxygen atoms in total. The summed E-state index contributed by atoms with van der Waals surface area (Å²) in [6.45, 7) is 6.39. The van der Waals surface area contributed by atoms with Gasteiger partial charge in [0.2, 0.25) is 0 Å². The van der Waals surface area contributed by atoms with E-state index in [9.17, 15) is 9.59 Å². The lowest BCUT2D eigenvalue weighted by molar-refractivity contribution is -0.126. The molecule has 0 saturated heterocycles. The second kappa shape index (κ2) is 7.99. The molecular formula is C14H20BrN3O3. The molecule has 0 aliphatic carbocycles. The van der Waals surface area contributed by atoms with Crippen LogP contribution >= 0.6 is 15.9 Å². The Bertz CT molecular complexity index is 522. The number of urea groups is 1. The summed E-state index contributed by atoms with van der Waals surface area (Å²) in [6, 6.07) is 4.71. The quantitative estimate of drug-likeness (QED) is 0.726. The summed E-state index contributed by atoms with van der Waals surface area (Å²) in [6.07, 6.45) is -0.828. The predicted octanol–water partition coefficient (Wildman–Crippen LogP) is 2.08. The van der Waals surface area contributed by atoms with Gasteiger partial charge in [0.05, 0.1) is 0 Å². The van der Waals surface area contributed by atoms with Crippen LogP contribution in [-0.2, 0) is 4.79 Å². The van der Waals surface area contributed by atoms with Gasteiger partial charge in [0, 0.05) is 16.1 Å². The van der Waals surface area contributed by atoms with Crippen molar-refractivity contribution in [1.82, 2.24) is 10.6 Å². The first-order chi connectivity index (χ1) is 9.85. The predicted molar refractivity (Wildman–Crippen MR) is 84.0 cm³/mol. The van der Waals surface area contributed by atoms with E-state index >= 15 is 0 Å². The molecule has 0 bridgehead atoms. The number of halogens is 1. The molecule has 2 atom stereocenters. The maximum atomic E-state index is 11.7. The lowest BCUT2D eigenvalue weighted by Crippen LogP contribution is -2.42. The van der Waals surface area contributed by atoms with Crippen LogP contribution in [0.25, 0.3) is 0 Å². The van der Waals surface area contributed by atoms with Gasteiger partial charge in [-0.2, -0.15) is 0 Å². The van der Waals surface area contributed by atoms with E-state index in [2.05, 4.69) is 21.2 Å². The first-order valence-electron chi connectivity index (χ1n) is 6.65. The number of benzene rings is 1. The molecule has 1 rings (SSSR count). The Hall–Kier alpha value is -1.60. The maximum Gasteiger partial charge on any atom is 0.318 e. The fourth-order valence-electron chi connectivity index (χ4n) is 1.85. The third-order valence-electron chi connectivity index (χ3n) is 2.87. The van der Waals surface area contributed by atoms with Crippen molar-refractivity contribution in [2.24, 2.45) is 5.73 Å². The molecule has 0 heterocycles. The van der Waals surface area contributed by atoms with Crippen molar-refractivity contribution in [3.05, 3.63) is 28.2 Å². The third kappa shape index (κ3) is 5.35. The normalized spacial score (nSPS) is 13.3. The minimum absolute atomic E-state index is 0.0638. The summed E-state index contributed by atoms with van der Waals surface area (Å²) in [4.78, 5) is 22.4. The lowest BCUT2D eigenvalue weighted by atomic mass is 10.1. The first-order valence-corrected chi connectivity index (χ1v) is 7.44. The maximum absolute atomic E-state index is 11.7. The monoisotopic (exact) mass is 357 g/mol. The number of nitrogens with two attached hydrogens (primary N) is 1. The van der Waals surface area contributed by atoms with Gasteiger partial charge in [0.25, 0.3) is 5.91 Å². The Labute approximate surface area is 132 Å². The highest BCUT2D eigenvalue weighted by atomic mass is 79.9. The Morgan fingerprint density at radius 1 is 1.38 bits per heavy atom. The number of imide groups is 1. The molecule has 4 N–H and O–H groups in total. The van der Waals surface area contributed by atoms with E-state index in [0.717, 1.165) is 16.6 Å². The SMILES string of the molecule is CCNC(C)c1cc(Br)ccc1OC(C)C(=O)NC(N)=O. The van der Waals surface area contributed by atoms with Gasteiger partial charge in [-0.3, -0.25) is 10.1 Å². The van der Waals surface area contributed by atoms with Crippen molar-refractivity contribution in [3.8, 4) is 5.75 Å². The second-order valence-corrected chi connectivity index (χ2v) is 5.49. The minimum atomic E-state index is -0.896. The molecule has 116 valence electrons. The molecule has 0 aliphatic rings. The largest absolute Gasteiger partial charge is 0.481 e. The zero-order valence-corrected chi connectivity index (χ0v) is 13.9. The van der Waals surface area contributed by atoms with Crippen LogP contribution in [0.1, 0.15) is 32.4 Å². The van der Waals surface area contributed by atoms with Crippen LogP contribution in [0.15, 0.2) is 22.7 Å². The molecule has 21 heavy (non-hydrogen) atoms. The van der Waals surface area contributed by atoms with E-state index in [1.165, 1.54) is 0 Å². The molecular weight excluding hydrogens is 338 g/mol. The van der Waals surface area contributed by atoms with Crippen LogP contribution < -0.4 is 21.1 Å². The van der Waals surface area contributed by atoms with Crippen molar-refractivity contribution in [3.63, 3.8) is 0 Å². The van der Waals surface area contributed by atoms with E-state index in [-0.39, 0.29) is 6.04 Å². The van der Waals surface area contributed by atoms with E-state index in [1.54, 1.807) is 13.0 Å². The smallest absolute Gasteiger partial charge is 0.318 e. The zero-order valence-electron chi connectivity index (χ0n) is 12.3. The van der Waals surface area contributed by atoms with Gasteiger partial charge in [-0.1, -0.05) is 22.9 Å². The highest BCUT2D eigenvalue weighted by Crippen LogP contribution is 2.29. The highest BCUT2D eigenvalue weighted by molar-refractivity contribution is 9.10. The summed E-state index contributed by atoms with van der Waals surface area (Å²) in [5.74, 6) is 0.00578. The molecule has 0 fully saturated rings. The average molecular weight is 358 g/mol. The molecule has 0 saturated carbocycles. The van der Waals surface area contributed by atoms with Crippen LogP contribution in [0.2, 0.25) is 0 Å². The number of ether oxygens (including phenoxy) is 1. The number of hydrogen-bond acceptors (Lipinski definition) is 4. The zero-order chi connectivity index (χ0) is 16.0. The standard InChI is InChI=1S/C14H20BrN3O3/c1-4-17-8(2)11-7-10(15)5-6-12(11)21-9(3)13(19)18-14(16)20/h5-9,17H,4H2,1-3H3,(H3,16,18,19,20).